The second-order valence-electron chi connectivity index (χ2n) is 7.47. The van der Waals surface area contributed by atoms with E-state index in [1.54, 1.807) is 6.26 Å². The summed E-state index contributed by atoms with van der Waals surface area (Å²) in [6, 6.07) is 22.6. The van der Waals surface area contributed by atoms with Gasteiger partial charge in [0.1, 0.15) is 5.76 Å². The summed E-state index contributed by atoms with van der Waals surface area (Å²) >= 11 is 5.75. The molecular weight excluding hydrogens is 392 g/mol. The lowest BCUT2D eigenvalue weighted by Gasteiger charge is -2.28. The molecule has 0 saturated carbocycles. The SMILES string of the molecule is Cc1ccc(-n2cccc2[C@H]2[C@H](c3ccccn3)NC(=S)N2Cc2ccco2)cc1. The molecule has 5 rings (SSSR count). The van der Waals surface area contributed by atoms with Crippen LogP contribution in [0.4, 0.5) is 0 Å². The molecule has 0 unspecified atom stereocenters. The van der Waals surface area contributed by atoms with E-state index in [4.69, 9.17) is 16.6 Å². The van der Waals surface area contributed by atoms with Crippen molar-refractivity contribution in [1.82, 2.24) is 19.8 Å². The van der Waals surface area contributed by atoms with E-state index in [9.17, 15) is 0 Å². The molecule has 1 aliphatic heterocycles. The lowest BCUT2D eigenvalue weighted by Crippen LogP contribution is -2.29. The zero-order chi connectivity index (χ0) is 20.5. The zero-order valence-corrected chi connectivity index (χ0v) is 17.4. The van der Waals surface area contributed by atoms with Gasteiger partial charge in [0.15, 0.2) is 5.11 Å². The first-order chi connectivity index (χ1) is 14.7. The number of furan rings is 1. The third-order valence-electron chi connectivity index (χ3n) is 5.50. The van der Waals surface area contributed by atoms with Crippen molar-refractivity contribution in [3.05, 3.63) is 108 Å². The van der Waals surface area contributed by atoms with Crippen LogP contribution in [0.3, 0.4) is 0 Å². The van der Waals surface area contributed by atoms with Crippen LogP contribution in [-0.4, -0.2) is 19.6 Å². The molecule has 1 saturated heterocycles. The number of hydrogen-bond donors (Lipinski definition) is 1. The van der Waals surface area contributed by atoms with Crippen LogP contribution in [0.1, 0.15) is 34.8 Å². The van der Waals surface area contributed by atoms with Gasteiger partial charge in [-0.15, -0.1) is 0 Å². The highest BCUT2D eigenvalue weighted by Gasteiger charge is 2.41. The monoisotopic (exact) mass is 414 g/mol. The Hall–Kier alpha value is -3.38. The Bertz CT molecular complexity index is 1140. The van der Waals surface area contributed by atoms with Gasteiger partial charge in [-0.25, -0.2) is 0 Å². The topological polar surface area (TPSA) is 46.2 Å². The van der Waals surface area contributed by atoms with Gasteiger partial charge in [-0.3, -0.25) is 4.98 Å². The summed E-state index contributed by atoms with van der Waals surface area (Å²) in [4.78, 5) is 6.81. The molecular formula is C24H22N4OS. The Kier molecular flexibility index (Phi) is 4.85. The van der Waals surface area contributed by atoms with Crippen molar-refractivity contribution in [3.63, 3.8) is 0 Å². The molecule has 3 aromatic heterocycles. The van der Waals surface area contributed by atoms with E-state index < -0.39 is 0 Å². The fourth-order valence-electron chi connectivity index (χ4n) is 4.04. The quantitative estimate of drug-likeness (QED) is 0.469. The first-order valence-electron chi connectivity index (χ1n) is 9.95. The molecule has 30 heavy (non-hydrogen) atoms. The highest BCUT2D eigenvalue weighted by atomic mass is 32.1. The van der Waals surface area contributed by atoms with E-state index in [0.29, 0.717) is 11.7 Å². The smallest absolute Gasteiger partial charge is 0.170 e. The largest absolute Gasteiger partial charge is 0.467 e. The third kappa shape index (κ3) is 3.39. The van der Waals surface area contributed by atoms with Gasteiger partial charge in [-0.1, -0.05) is 23.8 Å². The second kappa shape index (κ2) is 7.80. The first kappa shape index (κ1) is 18.6. The number of rotatable bonds is 5. The summed E-state index contributed by atoms with van der Waals surface area (Å²) in [5.74, 6) is 0.874. The summed E-state index contributed by atoms with van der Waals surface area (Å²) in [6.07, 6.45) is 5.62. The third-order valence-corrected chi connectivity index (χ3v) is 5.85. The van der Waals surface area contributed by atoms with Crippen LogP contribution in [0, 0.1) is 6.92 Å². The van der Waals surface area contributed by atoms with Crippen LogP contribution >= 0.6 is 12.2 Å². The average Bonchev–Trinajstić information content (AvgIpc) is 3.51. The number of pyridine rings is 1. The van der Waals surface area contributed by atoms with Gasteiger partial charge in [-0.05, 0) is 67.7 Å². The fourth-order valence-corrected chi connectivity index (χ4v) is 4.35. The van der Waals surface area contributed by atoms with Gasteiger partial charge in [0.25, 0.3) is 0 Å². The van der Waals surface area contributed by atoms with Crippen LogP contribution < -0.4 is 5.32 Å². The molecule has 5 nitrogen and oxygen atoms in total. The average molecular weight is 415 g/mol. The lowest BCUT2D eigenvalue weighted by atomic mass is 10.0. The minimum atomic E-state index is -0.0623. The van der Waals surface area contributed by atoms with E-state index >= 15 is 0 Å². The van der Waals surface area contributed by atoms with Crippen molar-refractivity contribution in [2.24, 2.45) is 0 Å². The maximum atomic E-state index is 5.75. The van der Waals surface area contributed by atoms with Gasteiger partial charge in [0.2, 0.25) is 0 Å². The van der Waals surface area contributed by atoms with Crippen molar-refractivity contribution in [1.29, 1.82) is 0 Å². The Morgan fingerprint density at radius 3 is 2.63 bits per heavy atom. The Balaban J connectivity index is 1.60. The van der Waals surface area contributed by atoms with Gasteiger partial charge < -0.3 is 19.2 Å². The molecule has 0 bridgehead atoms. The molecule has 150 valence electrons. The van der Waals surface area contributed by atoms with E-state index in [0.717, 1.165) is 22.8 Å². The van der Waals surface area contributed by atoms with Crippen molar-refractivity contribution in [2.75, 3.05) is 0 Å². The first-order valence-corrected chi connectivity index (χ1v) is 10.4. The molecule has 1 N–H and O–H groups in total. The van der Waals surface area contributed by atoms with Crippen molar-refractivity contribution in [2.45, 2.75) is 25.6 Å². The predicted octanol–water partition coefficient (Wildman–Crippen LogP) is 4.95. The van der Waals surface area contributed by atoms with Crippen LogP contribution in [0.25, 0.3) is 5.69 Å². The number of aryl methyl sites for hydroxylation is 1. The molecule has 4 heterocycles. The van der Waals surface area contributed by atoms with Gasteiger partial charge in [-0.2, -0.15) is 0 Å². The van der Waals surface area contributed by atoms with Crippen molar-refractivity contribution >= 4 is 17.3 Å². The predicted molar refractivity (Wildman–Crippen MR) is 120 cm³/mol. The van der Waals surface area contributed by atoms with Crippen LogP contribution in [0.2, 0.25) is 0 Å². The molecule has 6 heteroatoms. The summed E-state index contributed by atoms with van der Waals surface area (Å²) in [5, 5.41) is 4.20. The molecule has 1 aromatic carbocycles. The van der Waals surface area contributed by atoms with Crippen molar-refractivity contribution < 1.29 is 4.42 Å². The number of hydrogen-bond acceptors (Lipinski definition) is 3. The maximum absolute atomic E-state index is 5.75. The van der Waals surface area contributed by atoms with E-state index in [-0.39, 0.29) is 12.1 Å². The minimum absolute atomic E-state index is 0.0335. The molecule has 0 aliphatic carbocycles. The Labute approximate surface area is 181 Å². The number of nitrogens with one attached hydrogen (secondary N) is 1. The number of nitrogens with zero attached hydrogens (tertiary/aromatic N) is 3. The summed E-state index contributed by atoms with van der Waals surface area (Å²) in [6.45, 7) is 2.69. The highest BCUT2D eigenvalue weighted by molar-refractivity contribution is 7.80. The molecule has 0 spiro atoms. The fraction of sp³-hybridized carbons (Fsp3) is 0.167. The van der Waals surface area contributed by atoms with Crippen LogP contribution in [0.5, 0.6) is 0 Å². The molecule has 0 radical (unpaired) electrons. The summed E-state index contributed by atoms with van der Waals surface area (Å²) < 4.78 is 7.85. The number of benzene rings is 1. The highest BCUT2D eigenvalue weighted by Crippen LogP contribution is 2.40. The molecule has 4 aromatic rings. The Morgan fingerprint density at radius 2 is 1.90 bits per heavy atom. The van der Waals surface area contributed by atoms with E-state index in [1.807, 2.05) is 36.5 Å². The van der Waals surface area contributed by atoms with Gasteiger partial charge >= 0.3 is 0 Å². The maximum Gasteiger partial charge on any atom is 0.170 e. The zero-order valence-electron chi connectivity index (χ0n) is 16.6. The minimum Gasteiger partial charge on any atom is -0.467 e. The number of aromatic nitrogens is 2. The molecule has 2 atom stereocenters. The van der Waals surface area contributed by atoms with E-state index in [2.05, 4.69) is 69.3 Å². The standard InChI is InChI=1S/C24H22N4OS/c1-17-9-11-18(12-10-17)27-14-4-8-21(27)23-22(20-7-2-3-13-25-20)26-24(30)28(23)16-19-6-5-15-29-19/h2-15,22-23H,16H2,1H3,(H,26,30)/t22-,23-/m0/s1. The van der Waals surface area contributed by atoms with Gasteiger partial charge in [0, 0.05) is 23.8 Å². The van der Waals surface area contributed by atoms with Crippen LogP contribution in [0.15, 0.2) is 89.8 Å². The second-order valence-corrected chi connectivity index (χ2v) is 7.86. The van der Waals surface area contributed by atoms with Gasteiger partial charge in [0.05, 0.1) is 30.6 Å². The van der Waals surface area contributed by atoms with E-state index in [1.165, 1.54) is 5.56 Å². The summed E-state index contributed by atoms with van der Waals surface area (Å²) in [7, 11) is 0. The van der Waals surface area contributed by atoms with Crippen LogP contribution in [-0.2, 0) is 6.54 Å². The molecule has 1 aliphatic rings. The molecule has 0 amide bonds. The lowest BCUT2D eigenvalue weighted by molar-refractivity contribution is 0.280. The molecule has 1 fully saturated rings. The van der Waals surface area contributed by atoms with Crippen molar-refractivity contribution in [3.8, 4) is 5.69 Å². The Morgan fingerprint density at radius 1 is 1.03 bits per heavy atom. The summed E-state index contributed by atoms with van der Waals surface area (Å²) in [5.41, 5.74) is 4.47. The normalized spacial score (nSPS) is 18.6. The number of thiocarbonyl (C=S) groups is 1.